The van der Waals surface area contributed by atoms with E-state index in [9.17, 15) is 9.59 Å². The third-order valence-electron chi connectivity index (χ3n) is 4.58. The van der Waals surface area contributed by atoms with Crippen molar-refractivity contribution in [3.63, 3.8) is 0 Å². The van der Waals surface area contributed by atoms with E-state index in [1.54, 1.807) is 43.5 Å². The molecule has 8 nitrogen and oxygen atoms in total. The van der Waals surface area contributed by atoms with Crippen molar-refractivity contribution in [3.05, 3.63) is 57.1 Å². The summed E-state index contributed by atoms with van der Waals surface area (Å²) in [5, 5.41) is 3.27. The number of anilines is 1. The van der Waals surface area contributed by atoms with E-state index in [2.05, 4.69) is 10.3 Å². The van der Waals surface area contributed by atoms with Gasteiger partial charge in [-0.1, -0.05) is 0 Å². The molecule has 0 bridgehead atoms. The first kappa shape index (κ1) is 21.5. The molecule has 2 aromatic carbocycles. The first-order valence-corrected chi connectivity index (χ1v) is 9.68. The van der Waals surface area contributed by atoms with Crippen LogP contribution in [-0.4, -0.2) is 43.4 Å². The molecule has 0 aliphatic carbocycles. The minimum absolute atomic E-state index is 0.200. The Bertz CT molecular complexity index is 1160. The van der Waals surface area contributed by atoms with Gasteiger partial charge in [-0.15, -0.1) is 0 Å². The normalized spacial score (nSPS) is 10.8. The predicted octanol–water partition coefficient (Wildman–Crippen LogP) is 3.37. The first-order valence-electron chi connectivity index (χ1n) is 9.27. The molecule has 0 aliphatic rings. The molecule has 1 heterocycles. The van der Waals surface area contributed by atoms with Crippen molar-refractivity contribution < 1.29 is 19.0 Å². The Morgan fingerprint density at radius 1 is 1.10 bits per heavy atom. The van der Waals surface area contributed by atoms with Crippen LogP contribution in [0.15, 0.2) is 41.2 Å². The number of rotatable bonds is 8. The van der Waals surface area contributed by atoms with Gasteiger partial charge in [-0.2, -0.15) is 0 Å². The Hall–Kier alpha value is -3.17. The van der Waals surface area contributed by atoms with Gasteiger partial charge in [0, 0.05) is 49.7 Å². The van der Waals surface area contributed by atoms with Gasteiger partial charge in [0.05, 0.1) is 25.1 Å². The smallest absolute Gasteiger partial charge is 0.262 e. The number of nitrogens with zero attached hydrogens (tertiary/aromatic N) is 1. The van der Waals surface area contributed by atoms with Crippen molar-refractivity contribution in [2.24, 2.45) is 0 Å². The van der Waals surface area contributed by atoms with Crippen LogP contribution < -0.4 is 20.3 Å². The molecule has 0 fully saturated rings. The van der Waals surface area contributed by atoms with E-state index in [-0.39, 0.29) is 11.5 Å². The summed E-state index contributed by atoms with van der Waals surface area (Å²) in [6.45, 7) is 0.991. The molecule has 0 saturated heterocycles. The van der Waals surface area contributed by atoms with Gasteiger partial charge < -0.3 is 24.5 Å². The lowest BCUT2D eigenvalue weighted by Gasteiger charge is -2.11. The van der Waals surface area contributed by atoms with Crippen LogP contribution in [0.5, 0.6) is 11.5 Å². The highest BCUT2D eigenvalue weighted by molar-refractivity contribution is 7.71. The molecular formula is C21H23N3O5S. The van der Waals surface area contributed by atoms with Gasteiger partial charge in [0.25, 0.3) is 11.5 Å². The maximum absolute atomic E-state index is 12.8. The van der Waals surface area contributed by atoms with Crippen LogP contribution in [0.25, 0.3) is 10.9 Å². The van der Waals surface area contributed by atoms with Crippen LogP contribution in [0, 0.1) is 4.77 Å². The van der Waals surface area contributed by atoms with E-state index in [1.807, 2.05) is 0 Å². The van der Waals surface area contributed by atoms with E-state index in [4.69, 9.17) is 26.4 Å². The van der Waals surface area contributed by atoms with E-state index < -0.39 is 0 Å². The topological polar surface area (TPSA) is 94.6 Å². The number of aromatic amines is 1. The molecule has 0 radical (unpaired) electrons. The highest BCUT2D eigenvalue weighted by Crippen LogP contribution is 2.26. The Balaban J connectivity index is 1.90. The largest absolute Gasteiger partial charge is 0.497 e. The van der Waals surface area contributed by atoms with Crippen LogP contribution in [0.4, 0.5) is 5.69 Å². The number of nitrogens with one attached hydrogen (secondary N) is 2. The van der Waals surface area contributed by atoms with Gasteiger partial charge in [-0.05, 0) is 36.8 Å². The highest BCUT2D eigenvalue weighted by Gasteiger charge is 2.12. The van der Waals surface area contributed by atoms with Gasteiger partial charge >= 0.3 is 0 Å². The second-order valence-corrected chi connectivity index (χ2v) is 6.94. The molecular weight excluding hydrogens is 406 g/mol. The van der Waals surface area contributed by atoms with Crippen LogP contribution in [0.3, 0.4) is 0 Å². The molecule has 2 N–H and O–H groups in total. The average Bonchev–Trinajstić information content (AvgIpc) is 2.75. The number of fused-ring (bicyclic) bond motifs is 1. The number of methoxy groups -OCH3 is 3. The summed E-state index contributed by atoms with van der Waals surface area (Å²) in [7, 11) is 4.68. The summed E-state index contributed by atoms with van der Waals surface area (Å²) >= 11 is 5.32. The van der Waals surface area contributed by atoms with E-state index in [1.165, 1.54) is 18.8 Å². The zero-order chi connectivity index (χ0) is 21.7. The SMILES string of the molecule is COCCCn1c(=S)[nH]c2cc(C(=O)Nc3cc(OC)cc(OC)c3)ccc2c1=O. The molecule has 0 spiro atoms. The van der Waals surface area contributed by atoms with E-state index in [0.29, 0.717) is 58.0 Å². The number of carbonyl (C=O) groups is 1. The lowest BCUT2D eigenvalue weighted by Crippen LogP contribution is -2.23. The Morgan fingerprint density at radius 2 is 1.80 bits per heavy atom. The molecule has 0 unspecified atom stereocenters. The summed E-state index contributed by atoms with van der Waals surface area (Å²) in [5.74, 6) is 0.776. The zero-order valence-corrected chi connectivity index (χ0v) is 17.8. The highest BCUT2D eigenvalue weighted by atomic mass is 32.1. The van der Waals surface area contributed by atoms with E-state index in [0.717, 1.165) is 0 Å². The van der Waals surface area contributed by atoms with Crippen LogP contribution in [0.1, 0.15) is 16.8 Å². The number of ether oxygens (including phenoxy) is 3. The molecule has 3 rings (SSSR count). The van der Waals surface area contributed by atoms with Crippen molar-refractivity contribution in [2.45, 2.75) is 13.0 Å². The number of aromatic nitrogens is 2. The second kappa shape index (κ2) is 9.55. The second-order valence-electron chi connectivity index (χ2n) is 6.55. The molecule has 0 atom stereocenters. The number of H-pyrrole nitrogens is 1. The van der Waals surface area contributed by atoms with Crippen LogP contribution >= 0.6 is 12.2 Å². The third-order valence-corrected chi connectivity index (χ3v) is 4.91. The van der Waals surface area contributed by atoms with Gasteiger partial charge in [0.15, 0.2) is 4.77 Å². The monoisotopic (exact) mass is 429 g/mol. The van der Waals surface area contributed by atoms with E-state index >= 15 is 0 Å². The lowest BCUT2D eigenvalue weighted by atomic mass is 10.1. The Morgan fingerprint density at radius 3 is 2.43 bits per heavy atom. The van der Waals surface area contributed by atoms with Gasteiger partial charge in [-0.3, -0.25) is 14.2 Å². The summed E-state index contributed by atoms with van der Waals surface area (Å²) in [4.78, 5) is 28.5. The zero-order valence-electron chi connectivity index (χ0n) is 17.0. The minimum Gasteiger partial charge on any atom is -0.497 e. The predicted molar refractivity (Wildman–Crippen MR) is 117 cm³/mol. The number of benzene rings is 2. The Labute approximate surface area is 178 Å². The quantitative estimate of drug-likeness (QED) is 0.421. The number of amides is 1. The molecule has 1 amide bonds. The molecule has 0 aliphatic heterocycles. The van der Waals surface area contributed by atoms with Crippen molar-refractivity contribution in [2.75, 3.05) is 33.3 Å². The number of hydrogen-bond acceptors (Lipinski definition) is 6. The maximum Gasteiger partial charge on any atom is 0.262 e. The number of carbonyl (C=O) groups excluding carboxylic acids is 1. The van der Waals surface area contributed by atoms with Crippen molar-refractivity contribution >= 4 is 34.7 Å². The van der Waals surface area contributed by atoms with Crippen molar-refractivity contribution in [1.29, 1.82) is 0 Å². The van der Waals surface area contributed by atoms with Gasteiger partial charge in [0.2, 0.25) is 0 Å². The Kier molecular flexibility index (Phi) is 6.86. The maximum atomic E-state index is 12.8. The van der Waals surface area contributed by atoms with Crippen LogP contribution in [0.2, 0.25) is 0 Å². The van der Waals surface area contributed by atoms with Crippen LogP contribution in [-0.2, 0) is 11.3 Å². The fraction of sp³-hybridized carbons (Fsp3) is 0.286. The molecule has 9 heteroatoms. The molecule has 1 aromatic heterocycles. The standard InChI is InChI=1S/C21H23N3O5S/c1-27-8-4-7-24-20(26)17-6-5-13(9-18(17)23-21(24)30)19(25)22-14-10-15(28-2)12-16(11-14)29-3/h5-6,9-12H,4,7-8H2,1-3H3,(H,22,25)(H,23,30). The summed E-state index contributed by atoms with van der Waals surface area (Å²) in [5.41, 5.74) is 1.21. The molecule has 158 valence electrons. The molecule has 0 saturated carbocycles. The third kappa shape index (κ3) is 4.69. The molecule has 3 aromatic rings. The average molecular weight is 429 g/mol. The minimum atomic E-state index is -0.337. The van der Waals surface area contributed by atoms with Crippen molar-refractivity contribution in [1.82, 2.24) is 9.55 Å². The fourth-order valence-electron chi connectivity index (χ4n) is 3.05. The van der Waals surface area contributed by atoms with Gasteiger partial charge in [0.1, 0.15) is 11.5 Å². The molecule has 30 heavy (non-hydrogen) atoms. The summed E-state index contributed by atoms with van der Waals surface area (Å²) < 4.78 is 17.3. The summed E-state index contributed by atoms with van der Waals surface area (Å²) in [6, 6.07) is 9.92. The number of hydrogen-bond donors (Lipinski definition) is 2. The van der Waals surface area contributed by atoms with Crippen molar-refractivity contribution in [3.8, 4) is 11.5 Å². The fourth-order valence-corrected chi connectivity index (χ4v) is 3.33. The summed E-state index contributed by atoms with van der Waals surface area (Å²) in [6.07, 6.45) is 0.671. The lowest BCUT2D eigenvalue weighted by molar-refractivity contribution is 0.102. The first-order chi connectivity index (χ1) is 14.5. The van der Waals surface area contributed by atoms with Gasteiger partial charge in [-0.25, -0.2) is 0 Å².